The number of hydrogen-bond donors (Lipinski definition) is 1. The summed E-state index contributed by atoms with van der Waals surface area (Å²) in [5, 5.41) is 4.41. The van der Waals surface area contributed by atoms with E-state index in [1.165, 1.54) is 11.8 Å². The zero-order valence-corrected chi connectivity index (χ0v) is 20.6. The first-order valence-corrected chi connectivity index (χ1v) is 12.7. The highest BCUT2D eigenvalue weighted by atomic mass is 35.5. The minimum Gasteiger partial charge on any atom is -0.322 e. The van der Waals surface area contributed by atoms with Gasteiger partial charge in [0.25, 0.3) is 5.56 Å². The van der Waals surface area contributed by atoms with Crippen LogP contribution in [-0.2, 0) is 9.59 Å². The molecule has 1 aromatic heterocycles. The molecule has 0 unspecified atom stereocenters. The van der Waals surface area contributed by atoms with E-state index in [-0.39, 0.29) is 29.2 Å². The lowest BCUT2D eigenvalue weighted by Crippen LogP contribution is -2.59. The van der Waals surface area contributed by atoms with Gasteiger partial charge in [0.15, 0.2) is 5.16 Å². The maximum atomic E-state index is 13.5. The molecule has 1 fully saturated rings. The van der Waals surface area contributed by atoms with Crippen molar-refractivity contribution in [1.29, 1.82) is 0 Å². The second-order valence-electron chi connectivity index (χ2n) is 9.22. The number of para-hydroxylation sites is 2. The van der Waals surface area contributed by atoms with Crippen molar-refractivity contribution in [3.05, 3.63) is 57.8 Å². The van der Waals surface area contributed by atoms with Crippen LogP contribution >= 0.6 is 23.4 Å². The molecule has 0 bridgehead atoms. The number of amides is 2. The van der Waals surface area contributed by atoms with E-state index in [0.29, 0.717) is 32.5 Å². The number of fused-ring (bicyclic) bond motifs is 2. The van der Waals surface area contributed by atoms with E-state index in [9.17, 15) is 14.4 Å². The van der Waals surface area contributed by atoms with E-state index >= 15 is 0 Å². The first-order chi connectivity index (χ1) is 16.3. The Hall–Kier alpha value is -2.84. The fourth-order valence-electron chi connectivity index (χ4n) is 4.83. The number of hydrogen-bond acceptors (Lipinski definition) is 5. The summed E-state index contributed by atoms with van der Waals surface area (Å²) in [6.45, 7) is 3.46. The summed E-state index contributed by atoms with van der Waals surface area (Å²) < 4.78 is 1.75. The molecule has 0 radical (unpaired) electrons. The van der Waals surface area contributed by atoms with Crippen molar-refractivity contribution < 1.29 is 9.59 Å². The normalized spacial score (nSPS) is 17.6. The van der Waals surface area contributed by atoms with E-state index in [1.54, 1.807) is 47.6 Å². The van der Waals surface area contributed by atoms with E-state index < -0.39 is 5.54 Å². The molecule has 1 N–H and O–H groups in total. The van der Waals surface area contributed by atoms with Gasteiger partial charge in [-0.1, -0.05) is 48.3 Å². The van der Waals surface area contributed by atoms with Gasteiger partial charge in [-0.15, -0.1) is 0 Å². The van der Waals surface area contributed by atoms with Crippen LogP contribution in [0.1, 0.15) is 45.6 Å². The predicted molar refractivity (Wildman–Crippen MR) is 136 cm³/mol. The highest BCUT2D eigenvalue weighted by molar-refractivity contribution is 7.99. The molecular formula is C25H25ClN4O3S. The molecule has 1 aliphatic heterocycles. The van der Waals surface area contributed by atoms with E-state index in [4.69, 9.17) is 16.6 Å². The molecule has 9 heteroatoms. The minimum absolute atomic E-state index is 0.0380. The van der Waals surface area contributed by atoms with Crippen molar-refractivity contribution >= 4 is 57.5 Å². The van der Waals surface area contributed by atoms with Crippen LogP contribution in [0.2, 0.25) is 5.02 Å². The van der Waals surface area contributed by atoms with Crippen LogP contribution in [0, 0.1) is 0 Å². The first kappa shape index (κ1) is 22.9. The molecule has 2 aliphatic rings. The van der Waals surface area contributed by atoms with Crippen molar-refractivity contribution in [2.75, 3.05) is 16.0 Å². The monoisotopic (exact) mass is 496 g/mol. The molecule has 2 aromatic carbocycles. The van der Waals surface area contributed by atoms with Crippen LogP contribution < -0.4 is 15.8 Å². The number of nitrogens with zero attached hydrogens (tertiary/aromatic N) is 3. The fourth-order valence-corrected chi connectivity index (χ4v) is 5.91. The number of benzene rings is 2. The summed E-state index contributed by atoms with van der Waals surface area (Å²) in [6.07, 6.45) is 3.95. The number of rotatable bonds is 4. The van der Waals surface area contributed by atoms with Crippen molar-refractivity contribution in [2.45, 2.75) is 56.3 Å². The summed E-state index contributed by atoms with van der Waals surface area (Å²) in [5.74, 6) is -0.433. The summed E-state index contributed by atoms with van der Waals surface area (Å²) in [6, 6.07) is 12.4. The van der Waals surface area contributed by atoms with E-state index in [0.717, 1.165) is 25.7 Å². The predicted octanol–water partition coefficient (Wildman–Crippen LogP) is 5.02. The quantitative estimate of drug-likeness (QED) is 0.405. The second-order valence-corrected chi connectivity index (χ2v) is 10.6. The highest BCUT2D eigenvalue weighted by Crippen LogP contribution is 2.38. The van der Waals surface area contributed by atoms with Crippen molar-refractivity contribution in [3.63, 3.8) is 0 Å². The largest absolute Gasteiger partial charge is 0.322 e. The van der Waals surface area contributed by atoms with E-state index in [2.05, 4.69) is 5.32 Å². The number of aromatic nitrogens is 2. The number of nitrogens with one attached hydrogen (secondary N) is 1. The third-order valence-electron chi connectivity index (χ3n) is 6.60. The topological polar surface area (TPSA) is 84.3 Å². The Bertz CT molecular complexity index is 1360. The zero-order valence-electron chi connectivity index (χ0n) is 19.0. The van der Waals surface area contributed by atoms with Crippen LogP contribution in [0.25, 0.3) is 10.9 Å². The Morgan fingerprint density at radius 2 is 1.91 bits per heavy atom. The maximum absolute atomic E-state index is 13.5. The number of carbonyl (C=O) groups is 2. The Kier molecular flexibility index (Phi) is 5.90. The summed E-state index contributed by atoms with van der Waals surface area (Å²) in [7, 11) is 0. The van der Waals surface area contributed by atoms with Gasteiger partial charge in [0.2, 0.25) is 11.8 Å². The molecule has 7 nitrogen and oxygen atoms in total. The van der Waals surface area contributed by atoms with Gasteiger partial charge in [-0.05, 0) is 57.0 Å². The molecule has 2 amide bonds. The SMILES string of the molecule is CC1(C)C(=O)Nc2ccccc2N1C(=O)CSc1nc2cc(Cl)ccc2c(=O)n1C1CCCC1. The van der Waals surface area contributed by atoms with Gasteiger partial charge in [-0.25, -0.2) is 4.98 Å². The van der Waals surface area contributed by atoms with Crippen LogP contribution in [0.3, 0.4) is 0 Å². The zero-order chi connectivity index (χ0) is 24.0. The Morgan fingerprint density at radius 1 is 1.18 bits per heavy atom. The smallest absolute Gasteiger partial charge is 0.262 e. The van der Waals surface area contributed by atoms with Gasteiger partial charge in [0.1, 0.15) is 5.54 Å². The standard InChI is InChI=1S/C25H25ClN4O3S/c1-25(2)23(33)27-18-9-5-6-10-20(18)30(25)21(31)14-34-24-28-19-13-15(26)11-12-17(19)22(32)29(24)16-7-3-4-8-16/h5-6,9-13,16H,3-4,7-8,14H2,1-2H3,(H,27,33). The molecule has 0 saturated heterocycles. The summed E-state index contributed by atoms with van der Waals surface area (Å²) in [4.78, 5) is 46.0. The van der Waals surface area contributed by atoms with Gasteiger partial charge in [-0.2, -0.15) is 0 Å². The van der Waals surface area contributed by atoms with Crippen LogP contribution in [0.15, 0.2) is 52.4 Å². The van der Waals surface area contributed by atoms with Crippen molar-refractivity contribution in [1.82, 2.24) is 9.55 Å². The maximum Gasteiger partial charge on any atom is 0.262 e. The number of halogens is 1. The molecule has 0 atom stereocenters. The lowest BCUT2D eigenvalue weighted by molar-refractivity contribution is -0.125. The van der Waals surface area contributed by atoms with Crippen LogP contribution in [0.4, 0.5) is 11.4 Å². The summed E-state index contributed by atoms with van der Waals surface area (Å²) >= 11 is 7.39. The average molecular weight is 497 g/mol. The highest BCUT2D eigenvalue weighted by Gasteiger charge is 2.43. The molecule has 34 heavy (non-hydrogen) atoms. The van der Waals surface area contributed by atoms with Gasteiger partial charge < -0.3 is 5.32 Å². The molecule has 3 aromatic rings. The van der Waals surface area contributed by atoms with Crippen molar-refractivity contribution in [3.8, 4) is 0 Å². The third-order valence-corrected chi connectivity index (χ3v) is 7.78. The Morgan fingerprint density at radius 3 is 2.68 bits per heavy atom. The molecule has 2 heterocycles. The lowest BCUT2D eigenvalue weighted by Gasteiger charge is -2.42. The molecular weight excluding hydrogens is 472 g/mol. The minimum atomic E-state index is -1.05. The van der Waals surface area contributed by atoms with Gasteiger partial charge >= 0.3 is 0 Å². The van der Waals surface area contributed by atoms with Gasteiger partial charge in [-0.3, -0.25) is 23.9 Å². The first-order valence-electron chi connectivity index (χ1n) is 11.4. The van der Waals surface area contributed by atoms with Crippen LogP contribution in [0.5, 0.6) is 0 Å². The third kappa shape index (κ3) is 3.88. The molecule has 1 aliphatic carbocycles. The number of carbonyl (C=O) groups excluding carboxylic acids is 2. The Balaban J connectivity index is 1.51. The van der Waals surface area contributed by atoms with Crippen molar-refractivity contribution in [2.24, 2.45) is 0 Å². The van der Waals surface area contributed by atoms with Crippen LogP contribution in [-0.4, -0.2) is 32.7 Å². The molecule has 176 valence electrons. The molecule has 1 saturated carbocycles. The summed E-state index contributed by atoms with van der Waals surface area (Å²) in [5.41, 5.74) is 0.619. The number of anilines is 2. The lowest BCUT2D eigenvalue weighted by atomic mass is 9.96. The van der Waals surface area contributed by atoms with E-state index in [1.807, 2.05) is 18.2 Å². The molecule has 0 spiro atoms. The average Bonchev–Trinajstić information content (AvgIpc) is 3.32. The molecule has 5 rings (SSSR count). The number of thioether (sulfide) groups is 1. The Labute approximate surface area is 206 Å². The van der Waals surface area contributed by atoms with Gasteiger partial charge in [0.05, 0.1) is 28.0 Å². The van der Waals surface area contributed by atoms with Gasteiger partial charge in [0, 0.05) is 11.1 Å². The second kappa shape index (κ2) is 8.74. The fraction of sp³-hybridized carbons (Fsp3) is 0.360.